The lowest BCUT2D eigenvalue weighted by Gasteiger charge is -2.33. The Morgan fingerprint density at radius 3 is 2.84 bits per heavy atom. The molecule has 1 fully saturated rings. The second-order valence-electron chi connectivity index (χ2n) is 7.99. The summed E-state index contributed by atoms with van der Waals surface area (Å²) in [6.45, 7) is 9.14. The summed E-state index contributed by atoms with van der Waals surface area (Å²) in [4.78, 5) is 42.4. The summed E-state index contributed by atoms with van der Waals surface area (Å²) in [6, 6.07) is 3.78. The molecule has 3 aromatic rings. The number of pyridine rings is 1. The van der Waals surface area contributed by atoms with Crippen molar-refractivity contribution in [1.29, 1.82) is 0 Å². The van der Waals surface area contributed by atoms with Gasteiger partial charge in [-0.2, -0.15) is 0 Å². The number of carbonyl (C=O) groups is 2. The number of thiophene rings is 1. The maximum Gasteiger partial charge on any atom is 0.348 e. The van der Waals surface area contributed by atoms with E-state index in [1.54, 1.807) is 13.1 Å². The Morgan fingerprint density at radius 1 is 1.28 bits per heavy atom. The topological polar surface area (TPSA) is 97.3 Å². The van der Waals surface area contributed by atoms with Gasteiger partial charge in [0, 0.05) is 19.3 Å². The number of fused-ring (bicyclic) bond motifs is 1. The highest BCUT2D eigenvalue weighted by Crippen LogP contribution is 2.37. The van der Waals surface area contributed by atoms with Gasteiger partial charge in [-0.15, -0.1) is 11.3 Å². The number of aromatic nitrogens is 3. The second kappa shape index (κ2) is 9.20. The lowest BCUT2D eigenvalue weighted by Crippen LogP contribution is -2.41. The molecule has 1 aliphatic rings. The fourth-order valence-electron chi connectivity index (χ4n) is 4.06. The summed E-state index contributed by atoms with van der Waals surface area (Å²) in [5, 5.41) is 3.84. The van der Waals surface area contributed by atoms with Gasteiger partial charge in [-0.3, -0.25) is 4.79 Å². The number of esters is 1. The molecule has 1 aliphatic heterocycles. The normalized spacial score (nSPS) is 16.2. The number of nitrogens with zero attached hydrogens (tertiary/aromatic N) is 4. The van der Waals surface area contributed by atoms with Crippen LogP contribution in [0, 0.1) is 26.7 Å². The average molecular weight is 454 g/mol. The van der Waals surface area contributed by atoms with Gasteiger partial charge in [-0.25, -0.2) is 19.7 Å². The molecule has 1 unspecified atom stereocenters. The van der Waals surface area contributed by atoms with Crippen molar-refractivity contribution in [2.75, 3.05) is 29.9 Å². The minimum atomic E-state index is -0.335. The highest BCUT2D eigenvalue weighted by Gasteiger charge is 2.30. The summed E-state index contributed by atoms with van der Waals surface area (Å²) >= 11 is 1.33. The predicted molar refractivity (Wildman–Crippen MR) is 125 cm³/mol. The summed E-state index contributed by atoms with van der Waals surface area (Å²) in [6.07, 6.45) is 3.35. The van der Waals surface area contributed by atoms with Crippen molar-refractivity contribution in [3.63, 3.8) is 0 Å². The third-order valence-corrected chi connectivity index (χ3v) is 6.85. The van der Waals surface area contributed by atoms with Crippen LogP contribution in [-0.4, -0.2) is 46.5 Å². The fourth-order valence-corrected chi connectivity index (χ4v) is 5.18. The molecule has 0 aliphatic carbocycles. The molecule has 1 atom stereocenters. The van der Waals surface area contributed by atoms with Crippen LogP contribution in [0.3, 0.4) is 0 Å². The Bertz CT molecular complexity index is 1180. The molecular weight excluding hydrogens is 426 g/mol. The number of carbonyl (C=O) groups excluding carboxylic acids is 2. The molecule has 1 N–H and O–H groups in total. The first kappa shape index (κ1) is 22.1. The van der Waals surface area contributed by atoms with Gasteiger partial charge in [0.25, 0.3) is 0 Å². The maximum absolute atomic E-state index is 13.0. The summed E-state index contributed by atoms with van der Waals surface area (Å²) in [5.41, 5.74) is 1.76. The quantitative estimate of drug-likeness (QED) is 0.582. The molecule has 32 heavy (non-hydrogen) atoms. The van der Waals surface area contributed by atoms with Gasteiger partial charge in [0.15, 0.2) is 0 Å². The van der Waals surface area contributed by atoms with Crippen LogP contribution < -0.4 is 10.2 Å². The second-order valence-corrected chi connectivity index (χ2v) is 8.99. The summed E-state index contributed by atoms with van der Waals surface area (Å²) < 4.78 is 5.22. The minimum absolute atomic E-state index is 0.0345. The molecule has 4 rings (SSSR count). The molecule has 0 spiro atoms. The first-order valence-electron chi connectivity index (χ1n) is 10.8. The van der Waals surface area contributed by atoms with E-state index >= 15 is 0 Å². The van der Waals surface area contributed by atoms with Crippen molar-refractivity contribution in [3.05, 3.63) is 40.2 Å². The van der Waals surface area contributed by atoms with E-state index in [0.29, 0.717) is 29.7 Å². The molecule has 3 aromatic heterocycles. The number of piperidine rings is 1. The zero-order valence-corrected chi connectivity index (χ0v) is 19.6. The third-order valence-electron chi connectivity index (χ3n) is 5.69. The van der Waals surface area contributed by atoms with Crippen LogP contribution in [-0.2, 0) is 9.53 Å². The SMILES string of the molecule is CCOC(=O)c1sc2nc(C)nc(N3CCCC(C(=O)Nc4ncccc4C)C3)c2c1C. The van der Waals surface area contributed by atoms with Crippen LogP contribution in [0.5, 0.6) is 0 Å². The first-order chi connectivity index (χ1) is 15.4. The van der Waals surface area contributed by atoms with Crippen LogP contribution in [0.1, 0.15) is 46.4 Å². The van der Waals surface area contributed by atoms with E-state index in [4.69, 9.17) is 9.72 Å². The lowest BCUT2D eigenvalue weighted by molar-refractivity contribution is -0.120. The number of hydrogen-bond acceptors (Lipinski definition) is 8. The Hall–Kier alpha value is -3.07. The smallest absolute Gasteiger partial charge is 0.348 e. The highest BCUT2D eigenvalue weighted by atomic mass is 32.1. The van der Waals surface area contributed by atoms with Crippen molar-refractivity contribution < 1.29 is 14.3 Å². The van der Waals surface area contributed by atoms with Gasteiger partial charge in [-0.1, -0.05) is 6.07 Å². The van der Waals surface area contributed by atoms with E-state index in [1.165, 1.54) is 11.3 Å². The number of anilines is 2. The maximum atomic E-state index is 13.0. The van der Waals surface area contributed by atoms with Crippen molar-refractivity contribution in [1.82, 2.24) is 15.0 Å². The van der Waals surface area contributed by atoms with Gasteiger partial charge in [0.05, 0.1) is 17.9 Å². The first-order valence-corrected chi connectivity index (χ1v) is 11.6. The Labute approximate surface area is 191 Å². The molecular formula is C23H27N5O3S. The van der Waals surface area contributed by atoms with Gasteiger partial charge >= 0.3 is 5.97 Å². The molecule has 168 valence electrons. The highest BCUT2D eigenvalue weighted by molar-refractivity contribution is 7.20. The largest absolute Gasteiger partial charge is 0.462 e. The number of nitrogens with one attached hydrogen (secondary N) is 1. The molecule has 9 heteroatoms. The molecule has 8 nitrogen and oxygen atoms in total. The Kier molecular flexibility index (Phi) is 6.36. The number of ether oxygens (including phenoxy) is 1. The van der Waals surface area contributed by atoms with E-state index in [0.717, 1.165) is 46.5 Å². The number of aryl methyl sites for hydroxylation is 3. The molecule has 1 saturated heterocycles. The Balaban J connectivity index is 1.63. The van der Waals surface area contributed by atoms with Crippen LogP contribution in [0.4, 0.5) is 11.6 Å². The Morgan fingerprint density at radius 2 is 2.09 bits per heavy atom. The zero-order chi connectivity index (χ0) is 22.8. The van der Waals surface area contributed by atoms with Gasteiger partial charge in [0.1, 0.15) is 27.2 Å². The molecule has 0 radical (unpaired) electrons. The van der Waals surface area contributed by atoms with Gasteiger partial charge in [0.2, 0.25) is 5.91 Å². The van der Waals surface area contributed by atoms with E-state index < -0.39 is 0 Å². The van der Waals surface area contributed by atoms with Crippen LogP contribution in [0.2, 0.25) is 0 Å². The fraction of sp³-hybridized carbons (Fsp3) is 0.435. The number of amides is 1. The van der Waals surface area contributed by atoms with Crippen LogP contribution in [0.15, 0.2) is 18.3 Å². The average Bonchev–Trinajstić information content (AvgIpc) is 3.11. The van der Waals surface area contributed by atoms with E-state index in [2.05, 4.69) is 20.2 Å². The number of rotatable bonds is 5. The van der Waals surface area contributed by atoms with Crippen LogP contribution in [0.25, 0.3) is 10.2 Å². The van der Waals surface area contributed by atoms with E-state index in [1.807, 2.05) is 32.9 Å². The molecule has 0 aromatic carbocycles. The predicted octanol–water partition coefficient (Wildman–Crippen LogP) is 4.04. The molecule has 0 bridgehead atoms. The van der Waals surface area contributed by atoms with Crippen molar-refractivity contribution in [3.8, 4) is 0 Å². The number of hydrogen-bond donors (Lipinski definition) is 1. The minimum Gasteiger partial charge on any atom is -0.462 e. The van der Waals surface area contributed by atoms with Gasteiger partial charge < -0.3 is 15.0 Å². The monoisotopic (exact) mass is 453 g/mol. The standard InChI is InChI=1S/C23H27N5O3S/c1-5-31-23(30)18-14(3)17-20(25-15(4)26-22(17)32-18)28-11-7-9-16(12-28)21(29)27-19-13(2)8-6-10-24-19/h6,8,10,16H,5,7,9,11-12H2,1-4H3,(H,24,27,29). The van der Waals surface area contributed by atoms with Crippen LogP contribution >= 0.6 is 11.3 Å². The van der Waals surface area contributed by atoms with Crippen molar-refractivity contribution in [2.45, 2.75) is 40.5 Å². The molecule has 1 amide bonds. The van der Waals surface area contributed by atoms with E-state index in [-0.39, 0.29) is 17.8 Å². The van der Waals surface area contributed by atoms with Gasteiger partial charge in [-0.05, 0) is 57.7 Å². The lowest BCUT2D eigenvalue weighted by atomic mass is 9.96. The van der Waals surface area contributed by atoms with Crippen molar-refractivity contribution in [2.24, 2.45) is 5.92 Å². The third kappa shape index (κ3) is 4.29. The molecule has 4 heterocycles. The molecule has 0 saturated carbocycles. The summed E-state index contributed by atoms with van der Waals surface area (Å²) in [5.74, 6) is 1.47. The van der Waals surface area contributed by atoms with E-state index in [9.17, 15) is 9.59 Å². The van der Waals surface area contributed by atoms with Crippen molar-refractivity contribution >= 4 is 45.1 Å². The summed E-state index contributed by atoms with van der Waals surface area (Å²) in [7, 11) is 0. The zero-order valence-electron chi connectivity index (χ0n) is 18.8.